The first-order valence-corrected chi connectivity index (χ1v) is 4.68. The van der Waals surface area contributed by atoms with Gasteiger partial charge in [0.25, 0.3) is 0 Å². The average molecular weight is 209 g/mol. The van der Waals surface area contributed by atoms with Gasteiger partial charge in [-0.2, -0.15) is 0 Å². The number of aliphatic carboxylic acids is 1. The van der Waals surface area contributed by atoms with Gasteiger partial charge in [0.15, 0.2) is 0 Å². The maximum Gasteiger partial charge on any atom is 0.306 e. The highest BCUT2D eigenvalue weighted by atomic mass is 16.4. The van der Waals surface area contributed by atoms with Gasteiger partial charge in [0.05, 0.1) is 5.92 Å². The topological polar surface area (TPSA) is 115 Å². The first-order valence-electron chi connectivity index (χ1n) is 4.68. The van der Waals surface area contributed by atoms with E-state index < -0.39 is 5.97 Å². The van der Waals surface area contributed by atoms with Crippen LogP contribution in [0.2, 0.25) is 0 Å². The molecule has 0 unspecified atom stereocenters. The van der Waals surface area contributed by atoms with Crippen molar-refractivity contribution < 1.29 is 9.90 Å². The molecule has 0 radical (unpaired) electrons. The summed E-state index contributed by atoms with van der Waals surface area (Å²) in [6, 6.07) is 0. The Morgan fingerprint density at radius 2 is 1.21 bits per heavy atom. The van der Waals surface area contributed by atoms with Crippen molar-refractivity contribution in [1.82, 2.24) is 0 Å². The normalized spacial score (nSPS) is 6.93. The van der Waals surface area contributed by atoms with Gasteiger partial charge in [-0.05, 0) is 34.0 Å². The fraction of sp³-hybridized carbons (Fsp3) is 0.889. The van der Waals surface area contributed by atoms with Gasteiger partial charge in [-0.15, -0.1) is 0 Å². The van der Waals surface area contributed by atoms with Crippen LogP contribution in [-0.4, -0.2) is 32.2 Å². The molecule has 5 heteroatoms. The van der Waals surface area contributed by atoms with Crippen LogP contribution in [0.3, 0.4) is 0 Å². The second-order valence-electron chi connectivity index (χ2n) is 1.85. The first kappa shape index (κ1) is 23.3. The molecule has 0 heterocycles. The molecule has 0 saturated carbocycles. The minimum atomic E-state index is -0.671. The van der Waals surface area contributed by atoms with E-state index in [2.05, 4.69) is 17.2 Å². The van der Waals surface area contributed by atoms with E-state index in [0.717, 1.165) is 12.8 Å². The molecule has 0 aliphatic rings. The van der Waals surface area contributed by atoms with Crippen LogP contribution in [0.4, 0.5) is 0 Å². The Morgan fingerprint density at radius 1 is 1.00 bits per heavy atom. The number of carboxylic acid groups (broad SMARTS) is 1. The molecule has 0 aromatic heterocycles. The highest BCUT2D eigenvalue weighted by molar-refractivity contribution is 5.69. The largest absolute Gasteiger partial charge is 0.481 e. The fourth-order valence-electron chi connectivity index (χ4n) is 0.638. The lowest BCUT2D eigenvalue weighted by Gasteiger charge is -2.02. The number of hydrogen-bond donors (Lipinski definition) is 4. The molecule has 0 saturated heterocycles. The van der Waals surface area contributed by atoms with Gasteiger partial charge in [-0.1, -0.05) is 13.8 Å². The van der Waals surface area contributed by atoms with Crippen molar-refractivity contribution in [3.63, 3.8) is 0 Å². The number of carboxylic acids is 1. The standard InChI is InChI=1S/C6H12O2.3CH5N/c1-3-5(4-2)6(7)8;3*1-2/h5H,3-4H2,1-2H3,(H,7,8);3*2H2,1H3. The van der Waals surface area contributed by atoms with Crippen molar-refractivity contribution >= 4 is 5.97 Å². The molecule has 90 valence electrons. The lowest BCUT2D eigenvalue weighted by Crippen LogP contribution is -2.10. The second-order valence-corrected chi connectivity index (χ2v) is 1.85. The monoisotopic (exact) mass is 209 g/mol. The second kappa shape index (κ2) is 29.4. The fourth-order valence-corrected chi connectivity index (χ4v) is 0.638. The van der Waals surface area contributed by atoms with Gasteiger partial charge in [0.1, 0.15) is 0 Å². The molecular formula is C9H27N3O2. The smallest absolute Gasteiger partial charge is 0.306 e. The van der Waals surface area contributed by atoms with Crippen LogP contribution in [0.1, 0.15) is 26.7 Å². The lowest BCUT2D eigenvalue weighted by atomic mass is 10.1. The van der Waals surface area contributed by atoms with Crippen molar-refractivity contribution in [2.24, 2.45) is 23.1 Å². The Morgan fingerprint density at radius 3 is 1.21 bits per heavy atom. The van der Waals surface area contributed by atoms with E-state index in [4.69, 9.17) is 5.11 Å². The number of rotatable bonds is 3. The molecule has 0 atom stereocenters. The molecular weight excluding hydrogens is 182 g/mol. The summed E-state index contributed by atoms with van der Waals surface area (Å²) in [5.74, 6) is -0.801. The van der Waals surface area contributed by atoms with Crippen LogP contribution in [0.5, 0.6) is 0 Å². The lowest BCUT2D eigenvalue weighted by molar-refractivity contribution is -0.141. The minimum absolute atomic E-state index is 0.130. The summed E-state index contributed by atoms with van der Waals surface area (Å²) in [6.07, 6.45) is 1.48. The summed E-state index contributed by atoms with van der Waals surface area (Å²) < 4.78 is 0. The molecule has 14 heavy (non-hydrogen) atoms. The Hall–Kier alpha value is -0.650. The highest BCUT2D eigenvalue weighted by Gasteiger charge is 2.10. The van der Waals surface area contributed by atoms with E-state index in [0.29, 0.717) is 0 Å². The molecule has 0 spiro atoms. The van der Waals surface area contributed by atoms with Gasteiger partial charge >= 0.3 is 5.97 Å². The summed E-state index contributed by atoms with van der Waals surface area (Å²) in [6.45, 7) is 3.78. The van der Waals surface area contributed by atoms with Crippen LogP contribution >= 0.6 is 0 Å². The zero-order valence-corrected chi connectivity index (χ0v) is 10.1. The van der Waals surface area contributed by atoms with Crippen LogP contribution < -0.4 is 17.2 Å². The van der Waals surface area contributed by atoms with Crippen molar-refractivity contribution in [2.75, 3.05) is 21.1 Å². The molecule has 0 aromatic carbocycles. The maximum atomic E-state index is 10.2. The van der Waals surface area contributed by atoms with E-state index >= 15 is 0 Å². The summed E-state index contributed by atoms with van der Waals surface area (Å²) in [4.78, 5) is 10.2. The average Bonchev–Trinajstić information content (AvgIpc) is 2.28. The summed E-state index contributed by atoms with van der Waals surface area (Å²) in [5, 5.41) is 8.37. The van der Waals surface area contributed by atoms with Crippen LogP contribution in [-0.2, 0) is 4.79 Å². The third-order valence-corrected chi connectivity index (χ3v) is 1.33. The predicted molar refractivity (Wildman–Crippen MR) is 62.0 cm³/mol. The Labute approximate surface area is 87.7 Å². The van der Waals surface area contributed by atoms with Crippen molar-refractivity contribution in [2.45, 2.75) is 26.7 Å². The molecule has 0 aliphatic carbocycles. The first-order chi connectivity index (χ1) is 6.72. The molecule has 0 rings (SSSR count). The Balaban J connectivity index is -0.0000000708. The molecule has 7 N–H and O–H groups in total. The molecule has 0 amide bonds. The quantitative estimate of drug-likeness (QED) is 0.531. The van der Waals surface area contributed by atoms with Gasteiger partial charge in [-0.3, -0.25) is 4.79 Å². The van der Waals surface area contributed by atoms with E-state index in [1.165, 1.54) is 21.1 Å². The third-order valence-electron chi connectivity index (χ3n) is 1.33. The van der Waals surface area contributed by atoms with Crippen LogP contribution in [0.15, 0.2) is 0 Å². The van der Waals surface area contributed by atoms with Crippen molar-refractivity contribution in [3.8, 4) is 0 Å². The van der Waals surface area contributed by atoms with Gasteiger partial charge in [0.2, 0.25) is 0 Å². The molecule has 0 bridgehead atoms. The number of carbonyl (C=O) groups is 1. The molecule has 0 aliphatic heterocycles. The van der Waals surface area contributed by atoms with Gasteiger partial charge in [-0.25, -0.2) is 0 Å². The SMILES string of the molecule is CCC(CC)C(=O)O.CN.CN.CN. The maximum absolute atomic E-state index is 10.2. The molecule has 5 nitrogen and oxygen atoms in total. The minimum Gasteiger partial charge on any atom is -0.481 e. The summed E-state index contributed by atoms with van der Waals surface area (Å²) >= 11 is 0. The Kier molecular flexibility index (Phi) is 49.0. The summed E-state index contributed by atoms with van der Waals surface area (Å²) in [5.41, 5.74) is 13.5. The van der Waals surface area contributed by atoms with E-state index in [-0.39, 0.29) is 5.92 Å². The number of hydrogen-bond acceptors (Lipinski definition) is 4. The zero-order chi connectivity index (χ0) is 12.6. The van der Waals surface area contributed by atoms with Crippen LogP contribution in [0, 0.1) is 5.92 Å². The van der Waals surface area contributed by atoms with Crippen molar-refractivity contribution in [3.05, 3.63) is 0 Å². The van der Waals surface area contributed by atoms with Crippen molar-refractivity contribution in [1.29, 1.82) is 0 Å². The van der Waals surface area contributed by atoms with E-state index in [9.17, 15) is 4.79 Å². The van der Waals surface area contributed by atoms with E-state index in [1.807, 2.05) is 13.8 Å². The number of nitrogens with two attached hydrogens (primary N) is 3. The third kappa shape index (κ3) is 22.5. The highest BCUT2D eigenvalue weighted by Crippen LogP contribution is 2.05. The van der Waals surface area contributed by atoms with Gasteiger partial charge < -0.3 is 22.3 Å². The van der Waals surface area contributed by atoms with Crippen LogP contribution in [0.25, 0.3) is 0 Å². The Bertz CT molecular complexity index is 86.1. The molecule has 0 aromatic rings. The summed E-state index contributed by atoms with van der Waals surface area (Å²) in [7, 11) is 4.50. The van der Waals surface area contributed by atoms with Gasteiger partial charge in [0, 0.05) is 0 Å². The predicted octanol–water partition coefficient (Wildman–Crippen LogP) is 0.232. The zero-order valence-electron chi connectivity index (χ0n) is 10.1. The molecule has 0 fully saturated rings. The van der Waals surface area contributed by atoms with E-state index in [1.54, 1.807) is 0 Å².